The van der Waals surface area contributed by atoms with Crippen LogP contribution in [0.15, 0.2) is 18.2 Å². The number of anilines is 1. The van der Waals surface area contributed by atoms with E-state index in [1.807, 2.05) is 59.7 Å². The molecule has 0 aromatic heterocycles. The van der Waals surface area contributed by atoms with Crippen LogP contribution >= 0.6 is 11.8 Å². The molecule has 1 unspecified atom stereocenters. The fourth-order valence-electron chi connectivity index (χ4n) is 2.36. The lowest BCUT2D eigenvalue weighted by Crippen LogP contribution is -2.44. The zero-order chi connectivity index (χ0) is 18.3. The Morgan fingerprint density at radius 3 is 2.32 bits per heavy atom. The minimum Gasteiger partial charge on any atom is -0.325 e. The van der Waals surface area contributed by atoms with E-state index < -0.39 is 0 Å². The van der Waals surface area contributed by atoms with Crippen molar-refractivity contribution in [1.82, 2.24) is 5.32 Å². The molecule has 1 amide bonds. The van der Waals surface area contributed by atoms with Crippen LogP contribution < -0.4 is 10.6 Å². The van der Waals surface area contributed by atoms with E-state index in [0.717, 1.165) is 16.8 Å². The summed E-state index contributed by atoms with van der Waals surface area (Å²) in [5, 5.41) is 6.25. The van der Waals surface area contributed by atoms with E-state index in [0.29, 0.717) is 11.5 Å². The van der Waals surface area contributed by atoms with Crippen LogP contribution in [0.1, 0.15) is 46.2 Å². The highest BCUT2D eigenvalue weighted by Gasteiger charge is 2.22. The lowest BCUT2D eigenvalue weighted by Gasteiger charge is -2.21. The van der Waals surface area contributed by atoms with Crippen LogP contribution in [0.2, 0.25) is 0 Å². The van der Waals surface area contributed by atoms with Gasteiger partial charge in [0.2, 0.25) is 5.91 Å². The minimum absolute atomic E-state index is 0. The van der Waals surface area contributed by atoms with E-state index >= 15 is 0 Å². The summed E-state index contributed by atoms with van der Waals surface area (Å²) in [4.78, 5) is 24.4. The van der Waals surface area contributed by atoms with E-state index in [1.165, 1.54) is 11.8 Å². The molecule has 0 heterocycles. The molecule has 4 nitrogen and oxygen atoms in total. The molecule has 0 radical (unpaired) electrons. The molecule has 142 valence electrons. The Bertz CT molecular complexity index is 571. The van der Waals surface area contributed by atoms with Gasteiger partial charge >= 0.3 is 0 Å². The summed E-state index contributed by atoms with van der Waals surface area (Å²) < 4.78 is 0. The molecular formula is C20H34N2O2S. The van der Waals surface area contributed by atoms with E-state index in [9.17, 15) is 9.59 Å². The number of carbonyl (C=O) groups is 2. The lowest BCUT2D eigenvalue weighted by atomic mass is 10.0. The normalized spacial score (nSPS) is 12.0. The second-order valence-corrected chi connectivity index (χ2v) is 7.77. The van der Waals surface area contributed by atoms with Crippen molar-refractivity contribution in [2.75, 3.05) is 16.8 Å². The molecule has 1 aromatic carbocycles. The Labute approximate surface area is 157 Å². The summed E-state index contributed by atoms with van der Waals surface area (Å²) in [6, 6.07) is 5.91. The number of carbonyl (C=O) groups excluding carboxylic acids is 2. The Kier molecular flexibility index (Phi) is 10.7. The summed E-state index contributed by atoms with van der Waals surface area (Å²) >= 11 is 1.49. The second-order valence-electron chi connectivity index (χ2n) is 6.74. The van der Waals surface area contributed by atoms with Crippen molar-refractivity contribution in [3.05, 3.63) is 29.3 Å². The maximum absolute atomic E-state index is 12.3. The average Bonchev–Trinajstić information content (AvgIpc) is 2.49. The van der Waals surface area contributed by atoms with Gasteiger partial charge in [-0.3, -0.25) is 9.59 Å². The Hall–Kier alpha value is -1.33. The van der Waals surface area contributed by atoms with Crippen molar-refractivity contribution in [3.63, 3.8) is 0 Å². The van der Waals surface area contributed by atoms with Crippen LogP contribution in [-0.4, -0.2) is 35.3 Å². The van der Waals surface area contributed by atoms with Crippen molar-refractivity contribution in [1.29, 1.82) is 0 Å². The quantitative estimate of drug-likeness (QED) is 0.687. The van der Waals surface area contributed by atoms with E-state index in [2.05, 4.69) is 10.6 Å². The van der Waals surface area contributed by atoms with Gasteiger partial charge in [0.25, 0.3) is 0 Å². The molecule has 1 rings (SSSR count). The van der Waals surface area contributed by atoms with Crippen molar-refractivity contribution < 1.29 is 9.59 Å². The Morgan fingerprint density at radius 2 is 1.76 bits per heavy atom. The summed E-state index contributed by atoms with van der Waals surface area (Å²) in [5.41, 5.74) is 3.10. The molecule has 25 heavy (non-hydrogen) atoms. The summed E-state index contributed by atoms with van der Waals surface area (Å²) in [6.45, 7) is 11.9. The van der Waals surface area contributed by atoms with E-state index in [1.54, 1.807) is 0 Å². The zero-order valence-corrected chi connectivity index (χ0v) is 16.4. The fourth-order valence-corrected chi connectivity index (χ4v) is 3.23. The van der Waals surface area contributed by atoms with Gasteiger partial charge in [0.15, 0.2) is 5.78 Å². The largest absolute Gasteiger partial charge is 0.325 e. The third-order valence-corrected chi connectivity index (χ3v) is 4.88. The number of Topliss-reactive ketones (excluding diaryl/α,β-unsaturated/α-hetero) is 1. The first-order chi connectivity index (χ1) is 11.2. The third-order valence-electron chi connectivity index (χ3n) is 3.84. The number of amides is 1. The summed E-state index contributed by atoms with van der Waals surface area (Å²) in [5.74, 6) is 1.11. The van der Waals surface area contributed by atoms with Gasteiger partial charge in [-0.15, -0.1) is 11.8 Å². The molecule has 0 aliphatic carbocycles. The van der Waals surface area contributed by atoms with Crippen LogP contribution in [-0.2, 0) is 9.59 Å². The van der Waals surface area contributed by atoms with Crippen LogP contribution in [0.25, 0.3) is 0 Å². The smallest absolute Gasteiger partial charge is 0.234 e. The van der Waals surface area contributed by atoms with Gasteiger partial charge in [0, 0.05) is 23.4 Å². The van der Waals surface area contributed by atoms with E-state index in [-0.39, 0.29) is 37.1 Å². The average molecular weight is 367 g/mol. The molecule has 0 spiro atoms. The molecule has 2 N–H and O–H groups in total. The van der Waals surface area contributed by atoms with Gasteiger partial charge in [0.05, 0.1) is 11.8 Å². The highest BCUT2D eigenvalue weighted by atomic mass is 32.2. The number of thioether (sulfide) groups is 1. The standard InChI is InChI=1S/C19H30N2O2S.CH4/c1-12(2)19(23)17(20-13(3)4)10-24-11-18(22)21-16-9-7-8-14(5)15(16)6;/h7-9,12-13,17,20H,10-11H2,1-6H3,(H,21,22);1H4. The molecule has 1 atom stereocenters. The van der Waals surface area contributed by atoms with Crippen LogP contribution in [0.5, 0.6) is 0 Å². The van der Waals surface area contributed by atoms with Gasteiger partial charge in [-0.2, -0.15) is 0 Å². The predicted octanol–water partition coefficient (Wildman–Crippen LogP) is 4.20. The number of hydrogen-bond acceptors (Lipinski definition) is 4. The lowest BCUT2D eigenvalue weighted by molar-refractivity contribution is -0.123. The number of benzene rings is 1. The van der Waals surface area contributed by atoms with Crippen molar-refractivity contribution in [2.24, 2.45) is 5.92 Å². The van der Waals surface area contributed by atoms with Gasteiger partial charge in [-0.25, -0.2) is 0 Å². The fraction of sp³-hybridized carbons (Fsp3) is 0.600. The topological polar surface area (TPSA) is 58.2 Å². The molecule has 0 aliphatic heterocycles. The molecule has 0 fully saturated rings. The first-order valence-corrected chi connectivity index (χ1v) is 9.61. The molecule has 0 saturated carbocycles. The van der Waals surface area contributed by atoms with Crippen molar-refractivity contribution in [2.45, 2.75) is 61.1 Å². The molecule has 0 aliphatic rings. The maximum Gasteiger partial charge on any atom is 0.234 e. The molecule has 5 heteroatoms. The number of rotatable bonds is 9. The maximum atomic E-state index is 12.3. The van der Waals surface area contributed by atoms with Gasteiger partial charge in [-0.1, -0.05) is 47.3 Å². The van der Waals surface area contributed by atoms with Gasteiger partial charge in [0.1, 0.15) is 0 Å². The Balaban J connectivity index is 0.00000576. The van der Waals surface area contributed by atoms with Crippen molar-refractivity contribution >= 4 is 29.1 Å². The second kappa shape index (κ2) is 11.3. The highest BCUT2D eigenvalue weighted by Crippen LogP contribution is 2.18. The van der Waals surface area contributed by atoms with Gasteiger partial charge < -0.3 is 10.6 Å². The third kappa shape index (κ3) is 8.06. The first-order valence-electron chi connectivity index (χ1n) is 8.46. The predicted molar refractivity (Wildman–Crippen MR) is 111 cm³/mol. The zero-order valence-electron chi connectivity index (χ0n) is 15.6. The number of hydrogen-bond donors (Lipinski definition) is 2. The number of aryl methyl sites for hydroxylation is 1. The monoisotopic (exact) mass is 366 g/mol. The van der Waals surface area contributed by atoms with Crippen molar-refractivity contribution in [3.8, 4) is 0 Å². The highest BCUT2D eigenvalue weighted by molar-refractivity contribution is 8.00. The van der Waals surface area contributed by atoms with Gasteiger partial charge in [-0.05, 0) is 31.0 Å². The summed E-state index contributed by atoms with van der Waals surface area (Å²) in [6.07, 6.45) is 0. The minimum atomic E-state index is -0.205. The number of ketones is 1. The van der Waals surface area contributed by atoms with Crippen LogP contribution in [0, 0.1) is 19.8 Å². The molecular weight excluding hydrogens is 332 g/mol. The first kappa shape index (κ1) is 23.7. The number of nitrogens with one attached hydrogen (secondary N) is 2. The van der Waals surface area contributed by atoms with E-state index in [4.69, 9.17) is 0 Å². The molecule has 0 bridgehead atoms. The SMILES string of the molecule is C.Cc1cccc(NC(=O)CSCC(NC(C)C)C(=O)C(C)C)c1C. The molecule has 0 saturated heterocycles. The van der Waals surface area contributed by atoms with Crippen LogP contribution in [0.4, 0.5) is 5.69 Å². The summed E-state index contributed by atoms with van der Waals surface area (Å²) in [7, 11) is 0. The van der Waals surface area contributed by atoms with Crippen LogP contribution in [0.3, 0.4) is 0 Å². The molecule has 1 aromatic rings. The Morgan fingerprint density at radius 1 is 1.12 bits per heavy atom.